The Balaban J connectivity index is 1.66. The van der Waals surface area contributed by atoms with Gasteiger partial charge in [0.2, 0.25) is 17.8 Å². The third-order valence-corrected chi connectivity index (χ3v) is 15.7. The third-order valence-electron chi connectivity index (χ3n) is 15.7. The molecule has 2 saturated heterocycles. The third kappa shape index (κ3) is 28.9. The van der Waals surface area contributed by atoms with Gasteiger partial charge in [-0.15, -0.1) is 0 Å². The number of rotatable bonds is 42. The number of piperidine rings is 2. The molecule has 2 unspecified atom stereocenters. The molecule has 69 heavy (non-hydrogen) atoms. The van der Waals surface area contributed by atoms with Gasteiger partial charge in [-0.3, -0.25) is 0 Å². The lowest BCUT2D eigenvalue weighted by molar-refractivity contribution is 0.114. The number of nitrogens with zero attached hydrogens (tertiary/aromatic N) is 3. The summed E-state index contributed by atoms with van der Waals surface area (Å²) in [5.41, 5.74) is 0.225. The molecule has 404 valence electrons. The van der Waals surface area contributed by atoms with Crippen LogP contribution < -0.4 is 26.6 Å². The number of aromatic nitrogens is 3. The van der Waals surface area contributed by atoms with Gasteiger partial charge in [-0.05, 0) is 112 Å². The Morgan fingerprint density at radius 1 is 0.406 bits per heavy atom. The number of hydrogen-bond donors (Lipinski definition) is 6. The molecule has 1 aromatic rings. The normalized spacial score (nSPS) is 18.8. The number of unbranched alkanes of at least 4 members (excludes halogenated alkanes) is 28. The highest BCUT2D eigenvalue weighted by Gasteiger charge is 2.42. The summed E-state index contributed by atoms with van der Waals surface area (Å²) < 4.78 is 0. The van der Waals surface area contributed by atoms with Crippen molar-refractivity contribution in [2.24, 2.45) is 11.8 Å². The SMILES string of the molecule is CCCCCCCCCCCCCCCCCC(Nc1nc(NCCCO)nc(NC(CCCCCCCCCCCCCCCCC)C2CC(C)(C)NC(C)(C)C2)n1)C1CC(C)(C)NC(C)(C)C1. The molecular formula is C60H118N8O. The number of anilines is 3. The predicted molar refractivity (Wildman–Crippen MR) is 302 cm³/mol. The fourth-order valence-electron chi connectivity index (χ4n) is 12.9. The summed E-state index contributed by atoms with van der Waals surface area (Å²) in [7, 11) is 0. The van der Waals surface area contributed by atoms with Crippen molar-refractivity contribution < 1.29 is 5.11 Å². The maximum Gasteiger partial charge on any atom is 0.229 e. The van der Waals surface area contributed by atoms with E-state index in [2.05, 4.69) is 95.8 Å². The first-order chi connectivity index (χ1) is 33.1. The predicted octanol–water partition coefficient (Wildman–Crippen LogP) is 16.9. The molecule has 0 saturated carbocycles. The second kappa shape index (κ2) is 34.7. The first-order valence-corrected chi connectivity index (χ1v) is 30.3. The zero-order valence-corrected chi connectivity index (χ0v) is 47.7. The van der Waals surface area contributed by atoms with Gasteiger partial charge in [-0.1, -0.05) is 206 Å². The van der Waals surface area contributed by atoms with E-state index in [0.29, 0.717) is 42.6 Å². The summed E-state index contributed by atoms with van der Waals surface area (Å²) in [6.07, 6.45) is 48.8. The summed E-state index contributed by atoms with van der Waals surface area (Å²) >= 11 is 0. The average molecular weight is 968 g/mol. The minimum Gasteiger partial charge on any atom is -0.396 e. The lowest BCUT2D eigenvalue weighted by Crippen LogP contribution is -2.60. The molecule has 0 amide bonds. The summed E-state index contributed by atoms with van der Waals surface area (Å²) in [5, 5.41) is 29.0. The topological polar surface area (TPSA) is 119 Å². The summed E-state index contributed by atoms with van der Waals surface area (Å²) in [6, 6.07) is 0.547. The number of aliphatic hydroxyl groups is 1. The molecule has 6 N–H and O–H groups in total. The molecule has 0 aromatic carbocycles. The van der Waals surface area contributed by atoms with E-state index in [9.17, 15) is 5.11 Å². The van der Waals surface area contributed by atoms with Crippen molar-refractivity contribution in [1.82, 2.24) is 25.6 Å². The van der Waals surface area contributed by atoms with E-state index in [1.165, 1.54) is 193 Å². The highest BCUT2D eigenvalue weighted by atomic mass is 16.3. The van der Waals surface area contributed by atoms with Crippen molar-refractivity contribution in [3.05, 3.63) is 0 Å². The van der Waals surface area contributed by atoms with Crippen LogP contribution >= 0.6 is 0 Å². The molecule has 1 aromatic heterocycles. The van der Waals surface area contributed by atoms with Crippen molar-refractivity contribution in [1.29, 1.82) is 0 Å². The number of nitrogens with one attached hydrogen (secondary N) is 5. The average Bonchev–Trinajstić information content (AvgIpc) is 3.26. The molecule has 2 aliphatic rings. The van der Waals surface area contributed by atoms with E-state index in [0.717, 1.165) is 38.5 Å². The first kappa shape index (κ1) is 61.6. The molecule has 9 heteroatoms. The van der Waals surface area contributed by atoms with Gasteiger partial charge in [0.05, 0.1) is 0 Å². The Morgan fingerprint density at radius 2 is 0.667 bits per heavy atom. The van der Waals surface area contributed by atoms with Crippen molar-refractivity contribution in [2.75, 3.05) is 29.1 Å². The van der Waals surface area contributed by atoms with Gasteiger partial charge in [0, 0.05) is 47.4 Å². The monoisotopic (exact) mass is 967 g/mol. The van der Waals surface area contributed by atoms with Crippen LogP contribution in [-0.2, 0) is 0 Å². The van der Waals surface area contributed by atoms with Gasteiger partial charge in [0.15, 0.2) is 0 Å². The van der Waals surface area contributed by atoms with Gasteiger partial charge in [-0.25, -0.2) is 0 Å². The maximum atomic E-state index is 9.68. The van der Waals surface area contributed by atoms with E-state index in [1.54, 1.807) is 0 Å². The van der Waals surface area contributed by atoms with Gasteiger partial charge < -0.3 is 31.7 Å². The quantitative estimate of drug-likeness (QED) is 0.0356. The zero-order valence-electron chi connectivity index (χ0n) is 47.7. The molecular weight excluding hydrogens is 849 g/mol. The Hall–Kier alpha value is -1.71. The standard InChI is InChI=1S/C60H118N8O/c1-11-13-15-17-19-21-23-25-27-29-31-33-35-37-39-42-52(50-46-57(3,4)67-58(5,6)47-50)62-55-64-54(61-44-41-45-69)65-56(66-55)63-53(51-48-59(7,8)68-60(9,10)49-51)43-40-38-36-34-32-30-28-26-24-22-20-18-16-14-12-2/h50-53,67-69H,11-49H2,1-10H3,(H3,61,62,63,64,65,66). The van der Waals surface area contributed by atoms with Crippen molar-refractivity contribution in [3.63, 3.8) is 0 Å². The summed E-state index contributed by atoms with van der Waals surface area (Å²) in [6.45, 7) is 24.4. The fourth-order valence-corrected chi connectivity index (χ4v) is 12.9. The zero-order chi connectivity index (χ0) is 50.3. The van der Waals surface area contributed by atoms with Crippen molar-refractivity contribution in [2.45, 2.75) is 341 Å². The molecule has 0 spiro atoms. The maximum absolute atomic E-state index is 9.68. The van der Waals surface area contributed by atoms with Crippen LogP contribution in [0, 0.1) is 11.8 Å². The van der Waals surface area contributed by atoms with Gasteiger partial charge >= 0.3 is 0 Å². The Morgan fingerprint density at radius 3 is 0.942 bits per heavy atom. The van der Waals surface area contributed by atoms with E-state index in [4.69, 9.17) is 15.0 Å². The van der Waals surface area contributed by atoms with Crippen LogP contribution in [0.2, 0.25) is 0 Å². The fraction of sp³-hybridized carbons (Fsp3) is 0.950. The van der Waals surface area contributed by atoms with E-state index < -0.39 is 0 Å². The minimum atomic E-state index is 0.0564. The van der Waals surface area contributed by atoms with Crippen molar-refractivity contribution >= 4 is 17.8 Å². The van der Waals surface area contributed by atoms with E-state index in [1.807, 2.05) is 0 Å². The van der Waals surface area contributed by atoms with Crippen LogP contribution in [0.1, 0.15) is 307 Å². The smallest absolute Gasteiger partial charge is 0.229 e. The van der Waals surface area contributed by atoms with Crippen LogP contribution in [0.25, 0.3) is 0 Å². The van der Waals surface area contributed by atoms with Crippen LogP contribution in [0.3, 0.4) is 0 Å². The number of aliphatic hydroxyl groups excluding tert-OH is 1. The molecule has 9 nitrogen and oxygen atoms in total. The molecule has 2 atom stereocenters. The molecule has 0 aliphatic carbocycles. The molecule has 2 fully saturated rings. The van der Waals surface area contributed by atoms with Gasteiger partial charge in [0.1, 0.15) is 0 Å². The molecule has 2 aliphatic heterocycles. The molecule has 0 bridgehead atoms. The Labute approximate surface area is 428 Å². The molecule has 3 rings (SSSR count). The Bertz CT molecular complexity index is 1290. The molecule has 3 heterocycles. The van der Waals surface area contributed by atoms with Crippen molar-refractivity contribution in [3.8, 4) is 0 Å². The van der Waals surface area contributed by atoms with Gasteiger partial charge in [-0.2, -0.15) is 15.0 Å². The Kier molecular flexibility index (Phi) is 30.9. The second-order valence-corrected chi connectivity index (χ2v) is 25.4. The highest BCUT2D eigenvalue weighted by molar-refractivity contribution is 5.43. The van der Waals surface area contributed by atoms with E-state index in [-0.39, 0.29) is 40.8 Å². The molecule has 0 radical (unpaired) electrons. The second-order valence-electron chi connectivity index (χ2n) is 25.4. The lowest BCUT2D eigenvalue weighted by atomic mass is 9.72. The minimum absolute atomic E-state index is 0.0564. The van der Waals surface area contributed by atoms with Crippen LogP contribution in [0.15, 0.2) is 0 Å². The largest absolute Gasteiger partial charge is 0.396 e. The van der Waals surface area contributed by atoms with Crippen LogP contribution in [0.5, 0.6) is 0 Å². The lowest BCUT2D eigenvalue weighted by Gasteiger charge is -2.49. The highest BCUT2D eigenvalue weighted by Crippen LogP contribution is 2.39. The van der Waals surface area contributed by atoms with Gasteiger partial charge in [0.25, 0.3) is 0 Å². The van der Waals surface area contributed by atoms with Crippen LogP contribution in [-0.4, -0.2) is 67.4 Å². The van der Waals surface area contributed by atoms with E-state index >= 15 is 0 Å². The summed E-state index contributed by atoms with van der Waals surface area (Å²) in [4.78, 5) is 15.4. The summed E-state index contributed by atoms with van der Waals surface area (Å²) in [5.74, 6) is 2.95. The number of hydrogen-bond acceptors (Lipinski definition) is 9. The van der Waals surface area contributed by atoms with Crippen LogP contribution in [0.4, 0.5) is 17.8 Å². The first-order valence-electron chi connectivity index (χ1n) is 30.3.